The average Bonchev–Trinajstić information content (AvgIpc) is 2.85. The van der Waals surface area contributed by atoms with Crippen molar-refractivity contribution in [3.8, 4) is 5.75 Å². The van der Waals surface area contributed by atoms with Crippen LogP contribution in [0.3, 0.4) is 0 Å². The predicted octanol–water partition coefficient (Wildman–Crippen LogP) is 2.12. The highest BCUT2D eigenvalue weighted by Gasteiger charge is 2.07. The lowest BCUT2D eigenvalue weighted by atomic mass is 10.3. The maximum atomic E-state index is 10.5. The number of ether oxygens (including phenoxy) is 1. The minimum absolute atomic E-state index is 0.0217. The molecule has 1 heterocycles. The number of rotatable bonds is 5. The fraction of sp³-hybridized carbons (Fsp3) is 0.273. The summed E-state index contributed by atoms with van der Waals surface area (Å²) in [5.41, 5.74) is 0.0217. The Balaban J connectivity index is 1.95. The Morgan fingerprint density at radius 1 is 1.28 bits per heavy atom. The summed E-state index contributed by atoms with van der Waals surface area (Å²) in [5, 5.41) is 18.1. The minimum Gasteiger partial charge on any atom is -0.484 e. The van der Waals surface area contributed by atoms with Crippen molar-refractivity contribution in [3.05, 3.63) is 46.2 Å². The van der Waals surface area contributed by atoms with Crippen molar-refractivity contribution >= 4 is 5.69 Å². The lowest BCUT2D eigenvalue weighted by Crippen LogP contribution is -1.96. The molecular weight excluding hydrogens is 238 g/mol. The first-order valence-corrected chi connectivity index (χ1v) is 5.37. The van der Waals surface area contributed by atoms with Gasteiger partial charge in [0.05, 0.1) is 4.92 Å². The molecule has 0 bridgehead atoms. The number of hydrogen-bond acceptors (Lipinski definition) is 6. The van der Waals surface area contributed by atoms with Gasteiger partial charge in [0.25, 0.3) is 11.6 Å². The van der Waals surface area contributed by atoms with Gasteiger partial charge in [0, 0.05) is 18.6 Å². The van der Waals surface area contributed by atoms with Crippen LogP contribution in [0.25, 0.3) is 0 Å². The second kappa shape index (κ2) is 5.26. The summed E-state index contributed by atoms with van der Waals surface area (Å²) in [5.74, 6) is 1.44. The van der Waals surface area contributed by atoms with Gasteiger partial charge in [0.2, 0.25) is 5.89 Å². The van der Waals surface area contributed by atoms with E-state index in [1.165, 1.54) is 24.3 Å². The van der Waals surface area contributed by atoms with Gasteiger partial charge in [-0.2, -0.15) is 0 Å². The van der Waals surface area contributed by atoms with Gasteiger partial charge in [0.1, 0.15) is 5.75 Å². The largest absolute Gasteiger partial charge is 0.484 e. The van der Waals surface area contributed by atoms with Gasteiger partial charge in [-0.3, -0.25) is 10.1 Å². The van der Waals surface area contributed by atoms with E-state index >= 15 is 0 Å². The number of non-ortho nitro benzene ring substituents is 1. The molecule has 18 heavy (non-hydrogen) atoms. The molecule has 0 N–H and O–H groups in total. The van der Waals surface area contributed by atoms with E-state index in [0.29, 0.717) is 24.0 Å². The van der Waals surface area contributed by atoms with Crippen LogP contribution in [0.4, 0.5) is 5.69 Å². The van der Waals surface area contributed by atoms with Gasteiger partial charge in [-0.15, -0.1) is 10.2 Å². The van der Waals surface area contributed by atoms with E-state index in [1.54, 1.807) is 0 Å². The molecule has 7 heteroatoms. The Morgan fingerprint density at radius 3 is 2.50 bits per heavy atom. The first-order chi connectivity index (χ1) is 8.69. The van der Waals surface area contributed by atoms with Crippen molar-refractivity contribution in [2.75, 3.05) is 0 Å². The van der Waals surface area contributed by atoms with Crippen LogP contribution in [-0.2, 0) is 13.0 Å². The van der Waals surface area contributed by atoms with Crippen molar-refractivity contribution in [1.29, 1.82) is 0 Å². The van der Waals surface area contributed by atoms with Gasteiger partial charge in [-0.25, -0.2) is 0 Å². The quantitative estimate of drug-likeness (QED) is 0.595. The topological polar surface area (TPSA) is 91.3 Å². The van der Waals surface area contributed by atoms with Crippen molar-refractivity contribution in [2.24, 2.45) is 0 Å². The van der Waals surface area contributed by atoms with Crippen molar-refractivity contribution in [2.45, 2.75) is 20.0 Å². The molecule has 0 spiro atoms. The molecule has 0 radical (unpaired) electrons. The van der Waals surface area contributed by atoms with Crippen LogP contribution in [0.15, 0.2) is 28.7 Å². The van der Waals surface area contributed by atoms with Crippen molar-refractivity contribution in [1.82, 2.24) is 10.2 Å². The number of nitro groups is 1. The van der Waals surface area contributed by atoms with E-state index in [9.17, 15) is 10.1 Å². The molecule has 0 aliphatic heterocycles. The lowest BCUT2D eigenvalue weighted by molar-refractivity contribution is -0.384. The molecule has 0 amide bonds. The Hall–Kier alpha value is -2.44. The summed E-state index contributed by atoms with van der Waals surface area (Å²) in [6.45, 7) is 2.05. The third-order valence-electron chi connectivity index (χ3n) is 2.22. The Morgan fingerprint density at radius 2 is 1.94 bits per heavy atom. The summed E-state index contributed by atoms with van der Waals surface area (Å²) < 4.78 is 10.6. The zero-order valence-corrected chi connectivity index (χ0v) is 9.70. The van der Waals surface area contributed by atoms with Gasteiger partial charge in [0.15, 0.2) is 6.61 Å². The van der Waals surface area contributed by atoms with Gasteiger partial charge >= 0.3 is 0 Å². The lowest BCUT2D eigenvalue weighted by Gasteiger charge is -2.02. The fourth-order valence-corrected chi connectivity index (χ4v) is 1.30. The SMILES string of the molecule is CCc1nnc(COc2ccc([N+](=O)[O-])cc2)o1. The zero-order chi connectivity index (χ0) is 13.0. The van der Waals surface area contributed by atoms with Crippen LogP contribution in [0, 0.1) is 10.1 Å². The number of aromatic nitrogens is 2. The molecule has 0 unspecified atom stereocenters. The Labute approximate surface area is 103 Å². The molecular formula is C11H11N3O4. The minimum atomic E-state index is -0.463. The highest BCUT2D eigenvalue weighted by molar-refractivity contribution is 5.35. The molecule has 94 valence electrons. The van der Waals surface area contributed by atoms with Crippen LogP contribution in [0.1, 0.15) is 18.7 Å². The Bertz CT molecular complexity index is 535. The maximum Gasteiger partial charge on any atom is 0.269 e. The van der Waals surface area contributed by atoms with Crippen LogP contribution in [-0.4, -0.2) is 15.1 Å². The highest BCUT2D eigenvalue weighted by Crippen LogP contribution is 2.18. The van der Waals surface area contributed by atoms with E-state index in [1.807, 2.05) is 6.92 Å². The standard InChI is InChI=1S/C11H11N3O4/c1-2-10-12-13-11(18-10)7-17-9-5-3-8(4-6-9)14(15)16/h3-6H,2,7H2,1H3. The van der Waals surface area contributed by atoms with Crippen LogP contribution in [0.2, 0.25) is 0 Å². The van der Waals surface area contributed by atoms with E-state index < -0.39 is 4.92 Å². The first-order valence-electron chi connectivity index (χ1n) is 5.37. The first kappa shape index (κ1) is 12.0. The number of nitro benzene ring substituents is 1. The van der Waals surface area contributed by atoms with E-state index in [4.69, 9.17) is 9.15 Å². The molecule has 0 saturated carbocycles. The average molecular weight is 249 g/mol. The van der Waals surface area contributed by atoms with Gasteiger partial charge in [-0.05, 0) is 12.1 Å². The van der Waals surface area contributed by atoms with E-state index in [0.717, 1.165) is 0 Å². The van der Waals surface area contributed by atoms with Crippen LogP contribution >= 0.6 is 0 Å². The maximum absolute atomic E-state index is 10.5. The summed E-state index contributed by atoms with van der Waals surface area (Å²) in [4.78, 5) is 10.00. The molecule has 1 aromatic carbocycles. The normalized spacial score (nSPS) is 10.3. The van der Waals surface area contributed by atoms with Crippen LogP contribution in [0.5, 0.6) is 5.75 Å². The molecule has 0 atom stereocenters. The van der Waals surface area contributed by atoms with Crippen molar-refractivity contribution in [3.63, 3.8) is 0 Å². The molecule has 0 aliphatic carbocycles. The zero-order valence-electron chi connectivity index (χ0n) is 9.70. The molecule has 2 aromatic rings. The predicted molar refractivity (Wildman–Crippen MR) is 61.1 cm³/mol. The number of nitrogens with zero attached hydrogens (tertiary/aromatic N) is 3. The Kier molecular flexibility index (Phi) is 3.52. The van der Waals surface area contributed by atoms with E-state index in [-0.39, 0.29) is 12.3 Å². The smallest absolute Gasteiger partial charge is 0.269 e. The molecule has 0 aliphatic rings. The summed E-state index contributed by atoms with van der Waals surface area (Å²) >= 11 is 0. The molecule has 1 aromatic heterocycles. The van der Waals surface area contributed by atoms with Gasteiger partial charge < -0.3 is 9.15 Å². The third-order valence-corrected chi connectivity index (χ3v) is 2.22. The number of aryl methyl sites for hydroxylation is 1. The summed E-state index contributed by atoms with van der Waals surface area (Å²) in [7, 11) is 0. The third kappa shape index (κ3) is 2.82. The van der Waals surface area contributed by atoms with Crippen molar-refractivity contribution < 1.29 is 14.1 Å². The number of benzene rings is 1. The molecule has 7 nitrogen and oxygen atoms in total. The molecule has 0 fully saturated rings. The monoisotopic (exact) mass is 249 g/mol. The second-order valence-electron chi connectivity index (χ2n) is 3.48. The second-order valence-corrected chi connectivity index (χ2v) is 3.48. The highest BCUT2D eigenvalue weighted by atomic mass is 16.6. The summed E-state index contributed by atoms with van der Waals surface area (Å²) in [6, 6.07) is 5.80. The fourth-order valence-electron chi connectivity index (χ4n) is 1.30. The molecule has 0 saturated heterocycles. The van der Waals surface area contributed by atoms with E-state index in [2.05, 4.69) is 10.2 Å². The molecule has 2 rings (SSSR count). The summed E-state index contributed by atoms with van der Waals surface area (Å²) in [6.07, 6.45) is 0.671. The number of hydrogen-bond donors (Lipinski definition) is 0. The van der Waals surface area contributed by atoms with Crippen LogP contribution < -0.4 is 4.74 Å². The van der Waals surface area contributed by atoms with Gasteiger partial charge in [-0.1, -0.05) is 6.92 Å².